The summed E-state index contributed by atoms with van der Waals surface area (Å²) in [5.74, 6) is 0. The minimum Gasteiger partial charge on any atom is -0.419 e. The van der Waals surface area contributed by atoms with Gasteiger partial charge in [0.1, 0.15) is 5.69 Å². The van der Waals surface area contributed by atoms with Gasteiger partial charge in [0, 0.05) is 30.6 Å². The van der Waals surface area contributed by atoms with Gasteiger partial charge >= 0.3 is 5.63 Å². The van der Waals surface area contributed by atoms with E-state index in [0.717, 1.165) is 24.2 Å². The molecule has 0 radical (unpaired) electrons. The third kappa shape index (κ3) is 2.25. The van der Waals surface area contributed by atoms with E-state index in [0.29, 0.717) is 17.7 Å². The molecule has 0 bridgehead atoms. The molecule has 2 heterocycles. The second-order valence-corrected chi connectivity index (χ2v) is 5.56. The van der Waals surface area contributed by atoms with Crippen LogP contribution in [-0.2, 0) is 0 Å². The molecule has 3 N–H and O–H groups in total. The molecule has 1 aromatic carbocycles. The molecule has 0 spiro atoms. The van der Waals surface area contributed by atoms with E-state index in [-0.39, 0.29) is 5.69 Å². The largest absolute Gasteiger partial charge is 0.419 e. The second kappa shape index (κ2) is 4.83. The van der Waals surface area contributed by atoms with Gasteiger partial charge in [-0.1, -0.05) is 12.1 Å². The van der Waals surface area contributed by atoms with E-state index in [2.05, 4.69) is 24.1 Å². The van der Waals surface area contributed by atoms with Crippen molar-refractivity contribution < 1.29 is 4.42 Å². The lowest BCUT2D eigenvalue weighted by Gasteiger charge is -2.37. The first-order valence-corrected chi connectivity index (χ1v) is 6.88. The monoisotopic (exact) mass is 273 g/mol. The Labute approximate surface area is 117 Å². The Morgan fingerprint density at radius 3 is 2.70 bits per heavy atom. The Hall–Kier alpha value is -2.01. The minimum absolute atomic E-state index is 0.150. The Morgan fingerprint density at radius 1 is 1.30 bits per heavy atom. The normalized spacial score (nSPS) is 23.2. The lowest BCUT2D eigenvalue weighted by Crippen LogP contribution is -2.54. The van der Waals surface area contributed by atoms with Gasteiger partial charge in [0.2, 0.25) is 0 Å². The third-order valence-corrected chi connectivity index (χ3v) is 3.66. The number of para-hydroxylation sites is 1. The van der Waals surface area contributed by atoms with Gasteiger partial charge < -0.3 is 20.4 Å². The van der Waals surface area contributed by atoms with Crippen LogP contribution < -0.4 is 21.6 Å². The highest BCUT2D eigenvalue weighted by atomic mass is 16.4. The maximum Gasteiger partial charge on any atom is 0.359 e. The Bertz CT molecular complexity index is 685. The van der Waals surface area contributed by atoms with Crippen LogP contribution in [0.5, 0.6) is 0 Å². The molecule has 1 aromatic heterocycles. The van der Waals surface area contributed by atoms with Crippen molar-refractivity contribution in [1.29, 1.82) is 0 Å². The van der Waals surface area contributed by atoms with Crippen LogP contribution in [0.4, 0.5) is 11.4 Å². The average Bonchev–Trinajstić information content (AvgIpc) is 2.38. The molecule has 1 fully saturated rings. The fourth-order valence-corrected chi connectivity index (χ4v) is 2.92. The highest BCUT2D eigenvalue weighted by molar-refractivity contribution is 5.90. The minimum atomic E-state index is -0.471. The van der Waals surface area contributed by atoms with Crippen LogP contribution >= 0.6 is 0 Å². The van der Waals surface area contributed by atoms with E-state index in [1.54, 1.807) is 6.07 Å². The van der Waals surface area contributed by atoms with E-state index >= 15 is 0 Å². The zero-order valence-electron chi connectivity index (χ0n) is 11.7. The molecule has 2 atom stereocenters. The van der Waals surface area contributed by atoms with Crippen LogP contribution in [0.3, 0.4) is 0 Å². The van der Waals surface area contributed by atoms with Crippen molar-refractivity contribution in [1.82, 2.24) is 5.32 Å². The maximum absolute atomic E-state index is 11.7. The number of nitrogen functional groups attached to an aromatic ring is 1. The Kier molecular flexibility index (Phi) is 3.14. The van der Waals surface area contributed by atoms with Crippen LogP contribution in [0.2, 0.25) is 0 Å². The molecule has 106 valence electrons. The molecular weight excluding hydrogens is 254 g/mol. The van der Waals surface area contributed by atoms with Gasteiger partial charge in [-0.25, -0.2) is 4.79 Å². The molecule has 0 saturated carbocycles. The van der Waals surface area contributed by atoms with E-state index in [1.165, 1.54) is 0 Å². The summed E-state index contributed by atoms with van der Waals surface area (Å²) in [6.45, 7) is 6.08. The molecule has 5 heteroatoms. The number of nitrogens with one attached hydrogen (secondary N) is 1. The van der Waals surface area contributed by atoms with Crippen molar-refractivity contribution in [3.63, 3.8) is 0 Å². The van der Waals surface area contributed by atoms with Crippen LogP contribution in [-0.4, -0.2) is 25.2 Å². The van der Waals surface area contributed by atoms with Crippen molar-refractivity contribution in [2.75, 3.05) is 23.7 Å². The third-order valence-electron chi connectivity index (χ3n) is 3.66. The summed E-state index contributed by atoms with van der Waals surface area (Å²) in [4.78, 5) is 13.9. The smallest absolute Gasteiger partial charge is 0.359 e. The fourth-order valence-electron chi connectivity index (χ4n) is 2.92. The fraction of sp³-hybridized carbons (Fsp3) is 0.400. The highest BCUT2D eigenvalue weighted by Gasteiger charge is 2.23. The number of rotatable bonds is 1. The zero-order valence-corrected chi connectivity index (χ0v) is 11.7. The maximum atomic E-state index is 11.7. The molecule has 1 aliphatic heterocycles. The number of anilines is 2. The van der Waals surface area contributed by atoms with Gasteiger partial charge in [-0.15, -0.1) is 0 Å². The predicted molar refractivity (Wildman–Crippen MR) is 81.2 cm³/mol. The molecular formula is C15H19N3O2. The van der Waals surface area contributed by atoms with Gasteiger partial charge in [0.05, 0.1) is 5.69 Å². The number of hydrogen-bond acceptors (Lipinski definition) is 5. The number of hydrogen-bond donors (Lipinski definition) is 2. The lowest BCUT2D eigenvalue weighted by atomic mass is 10.1. The second-order valence-electron chi connectivity index (χ2n) is 5.56. The van der Waals surface area contributed by atoms with Crippen molar-refractivity contribution >= 4 is 22.3 Å². The van der Waals surface area contributed by atoms with Gasteiger partial charge in [-0.05, 0) is 26.0 Å². The topological polar surface area (TPSA) is 71.5 Å². The standard InChI is InChI=1S/C15H19N3O2/c1-9-7-18(8-10(2)17-9)13-5-3-4-11-6-12(16)15(19)20-14(11)13/h3-6,9-10,17H,7-8,16H2,1-2H3. The van der Waals surface area contributed by atoms with Gasteiger partial charge in [0.25, 0.3) is 0 Å². The summed E-state index contributed by atoms with van der Waals surface area (Å²) in [6.07, 6.45) is 0. The van der Waals surface area contributed by atoms with Crippen molar-refractivity contribution in [2.24, 2.45) is 0 Å². The van der Waals surface area contributed by atoms with Crippen molar-refractivity contribution in [2.45, 2.75) is 25.9 Å². The first kappa shape index (κ1) is 13.0. The van der Waals surface area contributed by atoms with Crippen LogP contribution in [0, 0.1) is 0 Å². The molecule has 2 unspecified atom stereocenters. The predicted octanol–water partition coefficient (Wildman–Crippen LogP) is 1.56. The number of piperazine rings is 1. The summed E-state index contributed by atoms with van der Waals surface area (Å²) < 4.78 is 5.40. The van der Waals surface area contributed by atoms with E-state index in [9.17, 15) is 4.79 Å². The summed E-state index contributed by atoms with van der Waals surface area (Å²) in [6, 6.07) is 8.34. The number of nitrogens with zero attached hydrogens (tertiary/aromatic N) is 1. The van der Waals surface area contributed by atoms with E-state index in [4.69, 9.17) is 10.2 Å². The van der Waals surface area contributed by atoms with Crippen LogP contribution in [0.15, 0.2) is 33.5 Å². The average molecular weight is 273 g/mol. The number of nitrogens with two attached hydrogens (primary N) is 1. The summed E-state index contributed by atoms with van der Waals surface area (Å²) in [5, 5.41) is 4.35. The number of fused-ring (bicyclic) bond motifs is 1. The zero-order chi connectivity index (χ0) is 14.3. The molecule has 1 aliphatic rings. The van der Waals surface area contributed by atoms with Crippen molar-refractivity contribution in [3.05, 3.63) is 34.7 Å². The Morgan fingerprint density at radius 2 is 2.00 bits per heavy atom. The first-order valence-electron chi connectivity index (χ1n) is 6.88. The molecule has 5 nitrogen and oxygen atoms in total. The molecule has 1 saturated heterocycles. The Balaban J connectivity index is 2.11. The van der Waals surface area contributed by atoms with Gasteiger partial charge in [0.15, 0.2) is 5.58 Å². The van der Waals surface area contributed by atoms with Crippen molar-refractivity contribution in [3.8, 4) is 0 Å². The quantitative estimate of drug-likeness (QED) is 0.772. The molecule has 3 rings (SSSR count). The number of benzene rings is 1. The summed E-state index contributed by atoms with van der Waals surface area (Å²) in [5.41, 5.74) is 6.88. The molecule has 0 aliphatic carbocycles. The molecule has 0 amide bonds. The first-order chi connectivity index (χ1) is 9.54. The molecule has 2 aromatic rings. The highest BCUT2D eigenvalue weighted by Crippen LogP contribution is 2.28. The lowest BCUT2D eigenvalue weighted by molar-refractivity contribution is 0.406. The molecule has 20 heavy (non-hydrogen) atoms. The van der Waals surface area contributed by atoms with Crippen LogP contribution in [0.25, 0.3) is 11.0 Å². The SMILES string of the molecule is CC1CN(c2cccc3cc(N)c(=O)oc23)CC(C)N1. The van der Waals surface area contributed by atoms with Crippen LogP contribution in [0.1, 0.15) is 13.8 Å². The van der Waals surface area contributed by atoms with Gasteiger partial charge in [-0.3, -0.25) is 0 Å². The summed E-state index contributed by atoms with van der Waals surface area (Å²) >= 11 is 0. The van der Waals surface area contributed by atoms with Gasteiger partial charge in [-0.2, -0.15) is 0 Å². The van der Waals surface area contributed by atoms with E-state index in [1.807, 2.05) is 18.2 Å². The van der Waals surface area contributed by atoms with E-state index < -0.39 is 5.63 Å². The summed E-state index contributed by atoms with van der Waals surface area (Å²) in [7, 11) is 0.